The fourth-order valence-corrected chi connectivity index (χ4v) is 3.41. The lowest BCUT2D eigenvalue weighted by Gasteiger charge is -2.09. The van der Waals surface area contributed by atoms with Crippen LogP contribution in [0.4, 0.5) is 0 Å². The SMILES string of the molecule is CC(N)c1ccc2nc(-c3ccc(Oc4cccc(OCc5ccccc5)c4)cn3)oc2c1. The topological polar surface area (TPSA) is 83.4 Å². The Morgan fingerprint density at radius 2 is 1.73 bits per heavy atom. The van der Waals surface area contributed by atoms with Gasteiger partial charge in [0.2, 0.25) is 5.89 Å². The first-order chi connectivity index (χ1) is 16.1. The Hall–Kier alpha value is -4.16. The molecule has 0 saturated carbocycles. The molecule has 3 aromatic carbocycles. The fraction of sp³-hybridized carbons (Fsp3) is 0.111. The van der Waals surface area contributed by atoms with Crippen molar-refractivity contribution < 1.29 is 13.9 Å². The molecule has 0 spiro atoms. The predicted octanol–water partition coefficient (Wildman–Crippen LogP) is 6.28. The second kappa shape index (κ2) is 9.14. The molecule has 0 aliphatic carbocycles. The van der Waals surface area contributed by atoms with E-state index in [0.717, 1.165) is 22.4 Å². The highest BCUT2D eigenvalue weighted by Crippen LogP contribution is 2.28. The number of aromatic nitrogens is 2. The Kier molecular flexibility index (Phi) is 5.74. The zero-order chi connectivity index (χ0) is 22.6. The van der Waals surface area contributed by atoms with Gasteiger partial charge in [-0.05, 0) is 54.4 Å². The van der Waals surface area contributed by atoms with Gasteiger partial charge in [-0.15, -0.1) is 0 Å². The minimum absolute atomic E-state index is 0.0697. The number of oxazole rings is 1. The molecule has 0 fully saturated rings. The van der Waals surface area contributed by atoms with Gasteiger partial charge in [-0.3, -0.25) is 0 Å². The highest BCUT2D eigenvalue weighted by Gasteiger charge is 2.12. The van der Waals surface area contributed by atoms with Crippen molar-refractivity contribution in [3.8, 4) is 28.8 Å². The number of benzene rings is 3. The summed E-state index contributed by atoms with van der Waals surface area (Å²) in [5.41, 5.74) is 10.1. The fourth-order valence-electron chi connectivity index (χ4n) is 3.41. The monoisotopic (exact) mass is 437 g/mol. The molecule has 1 unspecified atom stereocenters. The number of hydrogen-bond acceptors (Lipinski definition) is 6. The van der Waals surface area contributed by atoms with Crippen LogP contribution in [0.2, 0.25) is 0 Å². The van der Waals surface area contributed by atoms with Crippen LogP contribution in [0.1, 0.15) is 24.1 Å². The number of nitrogens with two attached hydrogens (primary N) is 1. The summed E-state index contributed by atoms with van der Waals surface area (Å²) in [6.07, 6.45) is 1.65. The highest BCUT2D eigenvalue weighted by molar-refractivity contribution is 5.76. The first kappa shape index (κ1) is 20.7. The van der Waals surface area contributed by atoms with Gasteiger partial charge in [0.25, 0.3) is 0 Å². The lowest BCUT2D eigenvalue weighted by atomic mass is 10.1. The molecule has 6 nitrogen and oxygen atoms in total. The van der Waals surface area contributed by atoms with E-state index in [1.54, 1.807) is 6.20 Å². The summed E-state index contributed by atoms with van der Waals surface area (Å²) in [6, 6.07) is 26.9. The van der Waals surface area contributed by atoms with Gasteiger partial charge in [-0.2, -0.15) is 0 Å². The quantitative estimate of drug-likeness (QED) is 0.323. The van der Waals surface area contributed by atoms with E-state index in [4.69, 9.17) is 19.6 Å². The van der Waals surface area contributed by atoms with Gasteiger partial charge in [-0.1, -0.05) is 42.5 Å². The molecular weight excluding hydrogens is 414 g/mol. The molecule has 0 radical (unpaired) electrons. The molecule has 0 bridgehead atoms. The minimum Gasteiger partial charge on any atom is -0.489 e. The number of pyridine rings is 1. The third kappa shape index (κ3) is 4.86. The van der Waals surface area contributed by atoms with Crippen LogP contribution >= 0.6 is 0 Å². The molecule has 33 heavy (non-hydrogen) atoms. The van der Waals surface area contributed by atoms with Crippen molar-refractivity contribution in [1.29, 1.82) is 0 Å². The summed E-state index contributed by atoms with van der Waals surface area (Å²) in [6.45, 7) is 2.43. The normalized spacial score (nSPS) is 11.9. The first-order valence-corrected chi connectivity index (χ1v) is 10.7. The summed E-state index contributed by atoms with van der Waals surface area (Å²) in [7, 11) is 0. The van der Waals surface area contributed by atoms with Crippen molar-refractivity contribution in [2.75, 3.05) is 0 Å². The second-order valence-electron chi connectivity index (χ2n) is 7.77. The highest BCUT2D eigenvalue weighted by atomic mass is 16.5. The number of hydrogen-bond donors (Lipinski definition) is 1. The molecule has 6 heteroatoms. The van der Waals surface area contributed by atoms with Gasteiger partial charge in [0, 0.05) is 12.1 Å². The summed E-state index contributed by atoms with van der Waals surface area (Å²) < 4.78 is 17.7. The van der Waals surface area contributed by atoms with E-state index < -0.39 is 0 Å². The molecule has 2 heterocycles. The Morgan fingerprint density at radius 3 is 2.52 bits per heavy atom. The molecule has 0 amide bonds. The molecule has 0 aliphatic heterocycles. The third-order valence-corrected chi connectivity index (χ3v) is 5.18. The smallest absolute Gasteiger partial charge is 0.246 e. The number of fused-ring (bicyclic) bond motifs is 1. The molecular formula is C27H23N3O3. The molecule has 0 aliphatic rings. The lowest BCUT2D eigenvalue weighted by Crippen LogP contribution is -2.04. The average molecular weight is 437 g/mol. The number of ether oxygens (including phenoxy) is 2. The van der Waals surface area contributed by atoms with Crippen molar-refractivity contribution in [3.63, 3.8) is 0 Å². The largest absolute Gasteiger partial charge is 0.489 e. The number of nitrogens with zero attached hydrogens (tertiary/aromatic N) is 2. The Balaban J connectivity index is 1.28. The van der Waals surface area contributed by atoms with Gasteiger partial charge < -0.3 is 19.6 Å². The van der Waals surface area contributed by atoms with Gasteiger partial charge in [0.15, 0.2) is 5.58 Å². The van der Waals surface area contributed by atoms with Gasteiger partial charge in [0.05, 0.1) is 6.20 Å². The minimum atomic E-state index is -0.0697. The zero-order valence-corrected chi connectivity index (χ0v) is 18.1. The van der Waals surface area contributed by atoms with Crippen molar-refractivity contribution in [2.24, 2.45) is 5.73 Å². The van der Waals surface area contributed by atoms with Crippen LogP contribution in [0.25, 0.3) is 22.7 Å². The molecule has 164 valence electrons. The molecule has 2 N–H and O–H groups in total. The van der Waals surface area contributed by atoms with E-state index in [9.17, 15) is 0 Å². The zero-order valence-electron chi connectivity index (χ0n) is 18.1. The summed E-state index contributed by atoms with van der Waals surface area (Å²) >= 11 is 0. The maximum atomic E-state index is 5.96. The van der Waals surface area contributed by atoms with Crippen LogP contribution in [0, 0.1) is 0 Å². The molecule has 5 rings (SSSR count). The Morgan fingerprint density at radius 1 is 0.879 bits per heavy atom. The van der Waals surface area contributed by atoms with Crippen LogP contribution in [-0.2, 0) is 6.61 Å². The molecule has 5 aromatic rings. The summed E-state index contributed by atoms with van der Waals surface area (Å²) in [5.74, 6) is 2.46. The van der Waals surface area contributed by atoms with Crippen molar-refractivity contribution in [3.05, 3.63) is 102 Å². The van der Waals surface area contributed by atoms with Crippen molar-refractivity contribution in [2.45, 2.75) is 19.6 Å². The van der Waals surface area contributed by atoms with Crippen molar-refractivity contribution >= 4 is 11.1 Å². The van der Waals surface area contributed by atoms with Crippen LogP contribution < -0.4 is 15.2 Å². The van der Waals surface area contributed by atoms with Crippen LogP contribution in [0.5, 0.6) is 17.2 Å². The van der Waals surface area contributed by atoms with E-state index in [-0.39, 0.29) is 6.04 Å². The van der Waals surface area contributed by atoms with Gasteiger partial charge >= 0.3 is 0 Å². The van der Waals surface area contributed by atoms with Gasteiger partial charge in [0.1, 0.15) is 35.1 Å². The van der Waals surface area contributed by atoms with E-state index in [1.807, 2.05) is 91.9 Å². The average Bonchev–Trinajstić information content (AvgIpc) is 3.28. The van der Waals surface area contributed by atoms with E-state index in [0.29, 0.717) is 35.3 Å². The van der Waals surface area contributed by atoms with Crippen LogP contribution in [-0.4, -0.2) is 9.97 Å². The summed E-state index contributed by atoms with van der Waals surface area (Å²) in [4.78, 5) is 8.99. The molecule has 1 atom stereocenters. The standard InChI is InChI=1S/C27H23N3O3/c1-18(28)20-10-12-24-26(14-20)33-27(30-24)25-13-11-23(16-29-25)32-22-9-5-8-21(15-22)31-17-19-6-3-2-4-7-19/h2-16,18H,17,28H2,1H3. The molecule has 0 saturated heterocycles. The van der Waals surface area contributed by atoms with Crippen molar-refractivity contribution in [1.82, 2.24) is 9.97 Å². The Bertz CT molecular complexity index is 1360. The molecule has 2 aromatic heterocycles. The van der Waals surface area contributed by atoms with E-state index >= 15 is 0 Å². The lowest BCUT2D eigenvalue weighted by molar-refractivity contribution is 0.304. The van der Waals surface area contributed by atoms with Crippen LogP contribution in [0.15, 0.2) is 95.5 Å². The van der Waals surface area contributed by atoms with E-state index in [2.05, 4.69) is 9.97 Å². The maximum Gasteiger partial charge on any atom is 0.246 e. The van der Waals surface area contributed by atoms with Crippen LogP contribution in [0.3, 0.4) is 0 Å². The number of rotatable bonds is 7. The Labute approximate surface area is 191 Å². The predicted molar refractivity (Wildman–Crippen MR) is 127 cm³/mol. The third-order valence-electron chi connectivity index (χ3n) is 5.18. The second-order valence-corrected chi connectivity index (χ2v) is 7.77. The summed E-state index contributed by atoms with van der Waals surface area (Å²) in [5, 5.41) is 0. The van der Waals surface area contributed by atoms with E-state index in [1.165, 1.54) is 0 Å². The van der Waals surface area contributed by atoms with Gasteiger partial charge in [-0.25, -0.2) is 9.97 Å². The maximum absolute atomic E-state index is 5.96. The first-order valence-electron chi connectivity index (χ1n) is 10.7.